The van der Waals surface area contributed by atoms with Gasteiger partial charge in [-0.25, -0.2) is 0 Å². The highest BCUT2D eigenvalue weighted by molar-refractivity contribution is 5.96. The normalized spacial score (nSPS) is 18.0. The van der Waals surface area contributed by atoms with Crippen molar-refractivity contribution in [2.24, 2.45) is 5.92 Å². The number of carbonyl (C=O) groups excluding carboxylic acids is 2. The largest absolute Gasteiger partial charge is 0.354 e. The van der Waals surface area contributed by atoms with E-state index in [1.807, 2.05) is 6.07 Å². The lowest BCUT2D eigenvalue weighted by Crippen LogP contribution is -2.39. The first kappa shape index (κ1) is 13.5. The van der Waals surface area contributed by atoms with Crippen LogP contribution in [-0.2, 0) is 4.79 Å². The van der Waals surface area contributed by atoms with E-state index in [1.54, 1.807) is 24.3 Å². The van der Waals surface area contributed by atoms with E-state index in [9.17, 15) is 9.59 Å². The Kier molecular flexibility index (Phi) is 4.92. The first-order chi connectivity index (χ1) is 9.25. The highest BCUT2D eigenvalue weighted by Crippen LogP contribution is 2.04. The Morgan fingerprint density at radius 1 is 1.21 bits per heavy atom. The zero-order valence-corrected chi connectivity index (χ0v) is 10.8. The number of rotatable bonds is 5. The second-order valence-corrected chi connectivity index (χ2v) is 4.71. The molecule has 1 fully saturated rings. The molecule has 1 aliphatic rings. The Morgan fingerprint density at radius 2 is 2.00 bits per heavy atom. The van der Waals surface area contributed by atoms with Crippen molar-refractivity contribution in [3.63, 3.8) is 0 Å². The van der Waals surface area contributed by atoms with Gasteiger partial charge in [0.2, 0.25) is 5.91 Å². The molecule has 1 atom stereocenters. The molecule has 19 heavy (non-hydrogen) atoms. The van der Waals surface area contributed by atoms with Crippen LogP contribution < -0.4 is 16.0 Å². The quantitative estimate of drug-likeness (QED) is 0.706. The summed E-state index contributed by atoms with van der Waals surface area (Å²) in [5.41, 5.74) is 0.565. The van der Waals surface area contributed by atoms with Crippen LogP contribution in [0.5, 0.6) is 0 Å². The summed E-state index contributed by atoms with van der Waals surface area (Å²) in [6.45, 7) is 2.67. The monoisotopic (exact) mass is 261 g/mol. The maximum Gasteiger partial charge on any atom is 0.251 e. The number of amides is 2. The van der Waals surface area contributed by atoms with E-state index in [4.69, 9.17) is 0 Å². The Labute approximate surface area is 112 Å². The fourth-order valence-electron chi connectivity index (χ4n) is 2.06. The summed E-state index contributed by atoms with van der Waals surface area (Å²) < 4.78 is 0. The van der Waals surface area contributed by atoms with E-state index in [0.29, 0.717) is 18.0 Å². The molecular formula is C14H19N3O2. The Balaban J connectivity index is 1.67. The zero-order chi connectivity index (χ0) is 13.5. The highest BCUT2D eigenvalue weighted by atomic mass is 16.2. The summed E-state index contributed by atoms with van der Waals surface area (Å²) in [5, 5.41) is 8.69. The molecule has 3 N–H and O–H groups in total. The van der Waals surface area contributed by atoms with Gasteiger partial charge in [-0.05, 0) is 37.6 Å². The van der Waals surface area contributed by atoms with Gasteiger partial charge in [-0.2, -0.15) is 0 Å². The molecule has 0 bridgehead atoms. The molecule has 2 amide bonds. The van der Waals surface area contributed by atoms with Gasteiger partial charge in [-0.15, -0.1) is 0 Å². The predicted molar refractivity (Wildman–Crippen MR) is 72.8 cm³/mol. The van der Waals surface area contributed by atoms with Gasteiger partial charge in [-0.1, -0.05) is 18.2 Å². The molecular weight excluding hydrogens is 242 g/mol. The van der Waals surface area contributed by atoms with Crippen molar-refractivity contribution in [2.45, 2.75) is 6.42 Å². The van der Waals surface area contributed by atoms with Gasteiger partial charge in [0.05, 0.1) is 6.54 Å². The van der Waals surface area contributed by atoms with Crippen LogP contribution in [0, 0.1) is 5.92 Å². The molecule has 1 unspecified atom stereocenters. The van der Waals surface area contributed by atoms with Crippen LogP contribution in [0.15, 0.2) is 30.3 Å². The third-order valence-corrected chi connectivity index (χ3v) is 3.20. The second-order valence-electron chi connectivity index (χ2n) is 4.71. The van der Waals surface area contributed by atoms with E-state index in [1.165, 1.54) is 0 Å². The molecule has 1 aliphatic heterocycles. The molecule has 0 aromatic heterocycles. The number of nitrogens with one attached hydrogen (secondary N) is 3. The minimum Gasteiger partial charge on any atom is -0.354 e. The molecule has 1 aromatic rings. The molecule has 1 aromatic carbocycles. The molecule has 2 rings (SSSR count). The van der Waals surface area contributed by atoms with Gasteiger partial charge in [0.15, 0.2) is 0 Å². The van der Waals surface area contributed by atoms with Gasteiger partial charge >= 0.3 is 0 Å². The lowest BCUT2D eigenvalue weighted by molar-refractivity contribution is -0.120. The maximum atomic E-state index is 11.7. The standard InChI is InChI=1S/C14H19N3O2/c18-13(16-9-11-6-7-15-8-11)10-17-14(19)12-4-2-1-3-5-12/h1-5,11,15H,6-10H2,(H,16,18)(H,17,19). The van der Waals surface area contributed by atoms with Crippen molar-refractivity contribution in [3.05, 3.63) is 35.9 Å². The third kappa shape index (κ3) is 4.37. The van der Waals surface area contributed by atoms with Crippen LogP contribution in [0.1, 0.15) is 16.8 Å². The van der Waals surface area contributed by atoms with Gasteiger partial charge in [0.25, 0.3) is 5.91 Å². The molecule has 5 heteroatoms. The summed E-state index contributed by atoms with van der Waals surface area (Å²) in [4.78, 5) is 23.3. The molecule has 0 saturated carbocycles. The molecule has 0 radical (unpaired) electrons. The van der Waals surface area contributed by atoms with Crippen molar-refractivity contribution in [1.29, 1.82) is 0 Å². The first-order valence-corrected chi connectivity index (χ1v) is 6.56. The van der Waals surface area contributed by atoms with Crippen molar-refractivity contribution in [1.82, 2.24) is 16.0 Å². The van der Waals surface area contributed by atoms with Crippen molar-refractivity contribution in [3.8, 4) is 0 Å². The van der Waals surface area contributed by atoms with Gasteiger partial charge in [0.1, 0.15) is 0 Å². The summed E-state index contributed by atoms with van der Waals surface area (Å²) >= 11 is 0. The third-order valence-electron chi connectivity index (χ3n) is 3.20. The summed E-state index contributed by atoms with van der Waals surface area (Å²) in [6, 6.07) is 8.87. The van der Waals surface area contributed by atoms with E-state index < -0.39 is 0 Å². The second kappa shape index (κ2) is 6.89. The van der Waals surface area contributed by atoms with Crippen LogP contribution >= 0.6 is 0 Å². The highest BCUT2D eigenvalue weighted by Gasteiger charge is 2.15. The topological polar surface area (TPSA) is 70.2 Å². The van der Waals surface area contributed by atoms with E-state index >= 15 is 0 Å². The lowest BCUT2D eigenvalue weighted by atomic mass is 10.1. The summed E-state index contributed by atoms with van der Waals surface area (Å²) in [7, 11) is 0. The SMILES string of the molecule is O=C(CNC(=O)c1ccccc1)NCC1CCNC1. The van der Waals surface area contributed by atoms with Crippen LogP contribution in [0.2, 0.25) is 0 Å². The molecule has 102 valence electrons. The summed E-state index contributed by atoms with van der Waals surface area (Å²) in [6.07, 6.45) is 1.09. The number of hydrogen-bond acceptors (Lipinski definition) is 3. The van der Waals surface area contributed by atoms with Crippen LogP contribution in [0.3, 0.4) is 0 Å². The maximum absolute atomic E-state index is 11.7. The molecule has 1 heterocycles. The van der Waals surface area contributed by atoms with Crippen molar-refractivity contribution >= 4 is 11.8 Å². The smallest absolute Gasteiger partial charge is 0.251 e. The van der Waals surface area contributed by atoms with E-state index in [-0.39, 0.29) is 18.4 Å². The molecule has 0 aliphatic carbocycles. The first-order valence-electron chi connectivity index (χ1n) is 6.56. The fourth-order valence-corrected chi connectivity index (χ4v) is 2.06. The Morgan fingerprint density at radius 3 is 2.68 bits per heavy atom. The Bertz CT molecular complexity index is 428. The summed E-state index contributed by atoms with van der Waals surface area (Å²) in [5.74, 6) is 0.142. The zero-order valence-electron chi connectivity index (χ0n) is 10.8. The minimum absolute atomic E-state index is 0.0217. The van der Waals surface area contributed by atoms with E-state index in [2.05, 4.69) is 16.0 Å². The van der Waals surface area contributed by atoms with Crippen LogP contribution in [0.25, 0.3) is 0 Å². The number of carbonyl (C=O) groups is 2. The molecule has 0 spiro atoms. The van der Waals surface area contributed by atoms with Gasteiger partial charge in [0, 0.05) is 12.1 Å². The average molecular weight is 261 g/mol. The predicted octanol–water partition coefficient (Wildman–Crippen LogP) is 0.142. The average Bonchev–Trinajstić information content (AvgIpc) is 2.96. The van der Waals surface area contributed by atoms with Crippen LogP contribution in [-0.4, -0.2) is 38.0 Å². The van der Waals surface area contributed by atoms with E-state index in [0.717, 1.165) is 19.5 Å². The van der Waals surface area contributed by atoms with Gasteiger partial charge in [-0.3, -0.25) is 9.59 Å². The van der Waals surface area contributed by atoms with Crippen molar-refractivity contribution in [2.75, 3.05) is 26.2 Å². The lowest BCUT2D eigenvalue weighted by Gasteiger charge is -2.10. The minimum atomic E-state index is -0.224. The fraction of sp³-hybridized carbons (Fsp3) is 0.429. The van der Waals surface area contributed by atoms with Gasteiger partial charge < -0.3 is 16.0 Å². The number of hydrogen-bond donors (Lipinski definition) is 3. The Hall–Kier alpha value is -1.88. The molecule has 5 nitrogen and oxygen atoms in total. The van der Waals surface area contributed by atoms with Crippen molar-refractivity contribution < 1.29 is 9.59 Å². The van der Waals surface area contributed by atoms with Crippen LogP contribution in [0.4, 0.5) is 0 Å². The number of benzene rings is 1. The molecule has 1 saturated heterocycles.